The van der Waals surface area contributed by atoms with Gasteiger partial charge in [0.15, 0.2) is 9.84 Å². The zero-order valence-electron chi connectivity index (χ0n) is 18.7. The molecule has 1 aromatic heterocycles. The van der Waals surface area contributed by atoms with Gasteiger partial charge in [0, 0.05) is 11.6 Å². The van der Waals surface area contributed by atoms with Crippen LogP contribution in [-0.2, 0) is 21.2 Å². The summed E-state index contributed by atoms with van der Waals surface area (Å²) in [4.78, 5) is 17.5. The molecule has 37 heavy (non-hydrogen) atoms. The number of halogens is 5. The largest absolute Gasteiger partial charge is 0.405 e. The second-order valence-electron chi connectivity index (χ2n) is 8.19. The number of hydrogen-bond donors (Lipinski definition) is 3. The Balaban J connectivity index is 1.74. The van der Waals surface area contributed by atoms with Gasteiger partial charge in [-0.3, -0.25) is 4.79 Å². The smallest absolute Gasteiger partial charge is 0.336 e. The molecular formula is C21H19ClF4N6O4S. The lowest BCUT2D eigenvalue weighted by atomic mass is 10.1. The molecule has 0 spiro atoms. The normalized spacial score (nSPS) is 18.3. The maximum atomic E-state index is 15.1. The second-order valence-corrected chi connectivity index (χ2v) is 10.6. The molecule has 1 amide bonds. The van der Waals surface area contributed by atoms with Crippen molar-refractivity contribution in [2.75, 3.05) is 22.5 Å². The monoisotopic (exact) mass is 562 g/mol. The molecule has 3 aromatic rings. The molecule has 0 saturated heterocycles. The first-order chi connectivity index (χ1) is 17.3. The van der Waals surface area contributed by atoms with Crippen molar-refractivity contribution in [3.05, 3.63) is 52.8 Å². The zero-order valence-corrected chi connectivity index (χ0v) is 20.2. The molecule has 2 atom stereocenters. The molecule has 1 aliphatic heterocycles. The lowest BCUT2D eigenvalue weighted by Crippen LogP contribution is -2.45. The van der Waals surface area contributed by atoms with Crippen LogP contribution in [0.3, 0.4) is 0 Å². The van der Waals surface area contributed by atoms with Gasteiger partial charge in [-0.25, -0.2) is 12.8 Å². The Hall–Kier alpha value is -3.27. The van der Waals surface area contributed by atoms with Gasteiger partial charge in [0.1, 0.15) is 11.9 Å². The molecule has 4 rings (SSSR count). The number of carbonyl (C=O) groups is 1. The third kappa shape index (κ3) is 5.69. The summed E-state index contributed by atoms with van der Waals surface area (Å²) in [5, 5.41) is 6.19. The van der Waals surface area contributed by atoms with E-state index in [1.165, 1.54) is 0 Å². The first-order valence-electron chi connectivity index (χ1n) is 10.5. The van der Waals surface area contributed by atoms with Crippen LogP contribution in [0.25, 0.3) is 11.4 Å². The predicted octanol–water partition coefficient (Wildman–Crippen LogP) is 2.48. The average Bonchev–Trinajstić information content (AvgIpc) is 3.27. The standard InChI is InChI=1S/C21H19ClF4N6O4S/c22-11-3-1-10(2-4-11)8-32-15-5-12(13(23)6-16(15)37(34,35)9-14(27)19(32)33)18-30-20(36-31-18)29-7-17(28)21(24,25)26/h1-6,14,17H,7-9,27-28H2,(H,29,30,31)/t14-,17?/m0/s1. The molecule has 2 heterocycles. The minimum atomic E-state index is -4.68. The van der Waals surface area contributed by atoms with Crippen LogP contribution in [-0.4, -0.2) is 55.0 Å². The van der Waals surface area contributed by atoms with Crippen molar-refractivity contribution in [3.8, 4) is 11.4 Å². The maximum Gasteiger partial charge on any atom is 0.405 e. The highest BCUT2D eigenvalue weighted by Crippen LogP contribution is 2.36. The highest BCUT2D eigenvalue weighted by molar-refractivity contribution is 7.91. The van der Waals surface area contributed by atoms with Crippen LogP contribution in [0.15, 0.2) is 45.8 Å². The number of nitrogens with one attached hydrogen (secondary N) is 1. The van der Waals surface area contributed by atoms with Crippen LogP contribution in [0.4, 0.5) is 29.3 Å². The quantitative estimate of drug-likeness (QED) is 0.384. The number of nitrogens with two attached hydrogens (primary N) is 2. The number of rotatable bonds is 6. The molecule has 0 aliphatic carbocycles. The topological polar surface area (TPSA) is 157 Å². The predicted molar refractivity (Wildman–Crippen MR) is 125 cm³/mol. The van der Waals surface area contributed by atoms with Crippen LogP contribution < -0.4 is 21.7 Å². The molecule has 198 valence electrons. The van der Waals surface area contributed by atoms with E-state index in [-0.39, 0.29) is 17.8 Å². The van der Waals surface area contributed by atoms with E-state index in [0.29, 0.717) is 16.7 Å². The third-order valence-electron chi connectivity index (χ3n) is 5.47. The number of hydrogen-bond acceptors (Lipinski definition) is 9. The summed E-state index contributed by atoms with van der Waals surface area (Å²) < 4.78 is 83.6. The molecule has 2 aromatic carbocycles. The van der Waals surface area contributed by atoms with E-state index in [0.717, 1.165) is 11.0 Å². The number of anilines is 2. The highest BCUT2D eigenvalue weighted by Gasteiger charge is 2.38. The number of alkyl halides is 3. The van der Waals surface area contributed by atoms with Crippen molar-refractivity contribution in [1.29, 1.82) is 0 Å². The minimum absolute atomic E-state index is 0.119. The van der Waals surface area contributed by atoms with Crippen molar-refractivity contribution >= 4 is 39.0 Å². The van der Waals surface area contributed by atoms with E-state index in [4.69, 9.17) is 27.6 Å². The number of benzene rings is 2. The van der Waals surface area contributed by atoms with Crippen molar-refractivity contribution in [1.82, 2.24) is 10.1 Å². The highest BCUT2D eigenvalue weighted by atomic mass is 35.5. The van der Waals surface area contributed by atoms with Gasteiger partial charge in [0.05, 0.1) is 34.5 Å². The molecule has 10 nitrogen and oxygen atoms in total. The molecule has 1 unspecified atom stereocenters. The lowest BCUT2D eigenvalue weighted by molar-refractivity contribution is -0.144. The van der Waals surface area contributed by atoms with Crippen LogP contribution in [0, 0.1) is 5.82 Å². The fraction of sp³-hybridized carbons (Fsp3) is 0.286. The molecule has 0 saturated carbocycles. The van der Waals surface area contributed by atoms with E-state index in [1.807, 2.05) is 0 Å². The Bertz CT molecular complexity index is 1430. The van der Waals surface area contributed by atoms with E-state index in [2.05, 4.69) is 15.5 Å². The number of aromatic nitrogens is 2. The Morgan fingerprint density at radius 2 is 1.92 bits per heavy atom. The van der Waals surface area contributed by atoms with Gasteiger partial charge in [-0.1, -0.05) is 28.9 Å². The SMILES string of the molecule is NC(CNc1nc(-c2cc3c(cc2F)S(=O)(=O)C[C@H](N)C(=O)N3Cc2ccc(Cl)cc2)no1)C(F)(F)F. The Morgan fingerprint density at radius 3 is 2.57 bits per heavy atom. The van der Waals surface area contributed by atoms with Gasteiger partial charge in [-0.2, -0.15) is 18.2 Å². The fourth-order valence-electron chi connectivity index (χ4n) is 3.54. The first-order valence-corrected chi connectivity index (χ1v) is 12.6. The van der Waals surface area contributed by atoms with Crippen LogP contribution in [0.1, 0.15) is 5.56 Å². The number of sulfone groups is 1. The van der Waals surface area contributed by atoms with Gasteiger partial charge in [0.25, 0.3) is 0 Å². The Kier molecular flexibility index (Phi) is 7.16. The molecule has 0 bridgehead atoms. The fourth-order valence-corrected chi connectivity index (χ4v) is 5.24. The van der Waals surface area contributed by atoms with Crippen molar-refractivity contribution in [2.24, 2.45) is 11.5 Å². The van der Waals surface area contributed by atoms with Crippen molar-refractivity contribution < 1.29 is 35.3 Å². The lowest BCUT2D eigenvalue weighted by Gasteiger charge is -2.24. The van der Waals surface area contributed by atoms with Gasteiger partial charge >= 0.3 is 12.2 Å². The van der Waals surface area contributed by atoms with E-state index in [1.54, 1.807) is 24.3 Å². The molecule has 1 aliphatic rings. The average molecular weight is 563 g/mol. The maximum absolute atomic E-state index is 15.1. The summed E-state index contributed by atoms with van der Waals surface area (Å²) >= 11 is 5.91. The Labute approximate surface area is 212 Å². The molecule has 0 fully saturated rings. The van der Waals surface area contributed by atoms with Gasteiger partial charge < -0.3 is 26.2 Å². The number of amides is 1. The second kappa shape index (κ2) is 9.89. The van der Waals surface area contributed by atoms with Gasteiger partial charge in [-0.15, -0.1) is 0 Å². The van der Waals surface area contributed by atoms with E-state index >= 15 is 4.39 Å². The number of carbonyl (C=O) groups excluding carboxylic acids is 1. The van der Waals surface area contributed by atoms with E-state index < -0.39 is 68.9 Å². The number of fused-ring (bicyclic) bond motifs is 1. The molecular weight excluding hydrogens is 544 g/mol. The first kappa shape index (κ1) is 26.8. The van der Waals surface area contributed by atoms with E-state index in [9.17, 15) is 26.4 Å². The summed E-state index contributed by atoms with van der Waals surface area (Å²) in [5.74, 6) is -2.96. The van der Waals surface area contributed by atoms with Crippen LogP contribution in [0.2, 0.25) is 5.02 Å². The third-order valence-corrected chi connectivity index (χ3v) is 7.52. The van der Waals surface area contributed by atoms with Crippen molar-refractivity contribution in [2.45, 2.75) is 29.7 Å². The van der Waals surface area contributed by atoms with Gasteiger partial charge in [0.2, 0.25) is 11.7 Å². The summed E-state index contributed by atoms with van der Waals surface area (Å²) in [7, 11) is -4.19. The molecule has 0 radical (unpaired) electrons. The zero-order chi connectivity index (χ0) is 27.1. The summed E-state index contributed by atoms with van der Waals surface area (Å²) in [6.45, 7) is -0.914. The van der Waals surface area contributed by atoms with Crippen LogP contribution >= 0.6 is 11.6 Å². The minimum Gasteiger partial charge on any atom is -0.336 e. The molecule has 5 N–H and O–H groups in total. The summed E-state index contributed by atoms with van der Waals surface area (Å²) in [6, 6.07) is 4.02. The van der Waals surface area contributed by atoms with Crippen molar-refractivity contribution in [3.63, 3.8) is 0 Å². The summed E-state index contributed by atoms with van der Waals surface area (Å²) in [5.41, 5.74) is 10.9. The number of nitrogens with zero attached hydrogens (tertiary/aromatic N) is 3. The Morgan fingerprint density at radius 1 is 1.24 bits per heavy atom. The molecule has 16 heteroatoms. The summed E-state index contributed by atoms with van der Waals surface area (Å²) in [6.07, 6.45) is -4.68. The van der Waals surface area contributed by atoms with Crippen LogP contribution in [0.5, 0.6) is 0 Å². The van der Waals surface area contributed by atoms with Gasteiger partial charge in [-0.05, 0) is 29.8 Å².